The monoisotopic (exact) mass is 135 g/mol. The molecule has 0 radical (unpaired) electrons. The van der Waals surface area contributed by atoms with Crippen LogP contribution in [0.5, 0.6) is 0 Å². The van der Waals surface area contributed by atoms with Crippen molar-refractivity contribution >= 4 is 10.9 Å². The summed E-state index contributed by atoms with van der Waals surface area (Å²) in [7, 11) is 0. The summed E-state index contributed by atoms with van der Waals surface area (Å²) < 4.78 is 0. The van der Waals surface area contributed by atoms with E-state index in [0.717, 1.165) is 5.52 Å². The number of nitrogens with one attached hydrogen (secondary N) is 2. The minimum atomic E-state index is -0.0602. The Bertz CT molecular complexity index is 400. The zero-order valence-electron chi connectivity index (χ0n) is 5.09. The molecule has 2 heterocycles. The Morgan fingerprint density at radius 1 is 1.40 bits per heavy atom. The van der Waals surface area contributed by atoms with Gasteiger partial charge in [-0.15, -0.1) is 0 Å². The number of hydrogen-bond donors (Lipinski definition) is 2. The van der Waals surface area contributed by atoms with Crippen LogP contribution in [0.3, 0.4) is 0 Å². The fourth-order valence-electron chi connectivity index (χ4n) is 0.890. The van der Waals surface area contributed by atoms with Gasteiger partial charge in [0, 0.05) is 12.4 Å². The predicted octanol–water partition coefficient (Wildman–Crippen LogP) is 0.251. The van der Waals surface area contributed by atoms with Gasteiger partial charge in [0.15, 0.2) is 0 Å². The maximum atomic E-state index is 10.9. The molecule has 2 rings (SSSR count). The molecule has 0 spiro atoms. The molecule has 4 nitrogen and oxygen atoms in total. The number of fused-ring (bicyclic) bond motifs is 1. The molecular weight excluding hydrogens is 130 g/mol. The van der Waals surface area contributed by atoms with E-state index in [2.05, 4.69) is 15.2 Å². The summed E-state index contributed by atoms with van der Waals surface area (Å²) in [6.45, 7) is 0. The Labute approximate surface area is 55.9 Å². The summed E-state index contributed by atoms with van der Waals surface area (Å²) in [6, 6.07) is 0. The topological polar surface area (TPSA) is 61.5 Å². The Balaban J connectivity index is 3.09. The number of nitrogens with zero attached hydrogens (tertiary/aromatic N) is 1. The number of H-pyrrole nitrogens is 2. The third kappa shape index (κ3) is 0.556. The van der Waals surface area contributed by atoms with E-state index in [1.807, 2.05) is 0 Å². The van der Waals surface area contributed by atoms with Crippen LogP contribution < -0.4 is 5.43 Å². The van der Waals surface area contributed by atoms with Crippen LogP contribution in [0, 0.1) is 0 Å². The van der Waals surface area contributed by atoms with Gasteiger partial charge in [0.1, 0.15) is 0 Å². The van der Waals surface area contributed by atoms with Gasteiger partial charge >= 0.3 is 0 Å². The molecular formula is C6H5N3O. The molecule has 0 amide bonds. The largest absolute Gasteiger partial charge is 0.365 e. The maximum absolute atomic E-state index is 10.9. The van der Waals surface area contributed by atoms with Gasteiger partial charge in [-0.05, 0) is 0 Å². The number of aromatic nitrogens is 3. The minimum absolute atomic E-state index is 0.0602. The molecule has 0 aromatic carbocycles. The van der Waals surface area contributed by atoms with Gasteiger partial charge in [-0.3, -0.25) is 9.89 Å². The van der Waals surface area contributed by atoms with E-state index in [1.165, 1.54) is 6.20 Å². The fraction of sp³-hybridized carbons (Fsp3) is 0. The SMILES string of the molecule is O=c1cn[nH]c2c[nH]cc12. The third-order valence-corrected chi connectivity index (χ3v) is 1.38. The van der Waals surface area contributed by atoms with Crippen LogP contribution in [0.1, 0.15) is 0 Å². The summed E-state index contributed by atoms with van der Waals surface area (Å²) in [5, 5.41) is 6.97. The molecule has 50 valence electrons. The summed E-state index contributed by atoms with van der Waals surface area (Å²) in [4.78, 5) is 13.7. The van der Waals surface area contributed by atoms with Crippen LogP contribution >= 0.6 is 0 Å². The van der Waals surface area contributed by atoms with Crippen molar-refractivity contribution in [2.75, 3.05) is 0 Å². The van der Waals surface area contributed by atoms with E-state index >= 15 is 0 Å². The second-order valence-electron chi connectivity index (χ2n) is 2.02. The molecule has 0 unspecified atom stereocenters. The average Bonchev–Trinajstić information content (AvgIpc) is 2.36. The molecule has 0 saturated heterocycles. The van der Waals surface area contributed by atoms with Gasteiger partial charge in [-0.1, -0.05) is 0 Å². The third-order valence-electron chi connectivity index (χ3n) is 1.38. The zero-order chi connectivity index (χ0) is 6.97. The van der Waals surface area contributed by atoms with Crippen molar-refractivity contribution in [2.45, 2.75) is 0 Å². The van der Waals surface area contributed by atoms with Gasteiger partial charge in [-0.25, -0.2) is 0 Å². The van der Waals surface area contributed by atoms with Crippen molar-refractivity contribution in [3.05, 3.63) is 28.8 Å². The first-order chi connectivity index (χ1) is 4.88. The molecule has 4 heteroatoms. The lowest BCUT2D eigenvalue weighted by atomic mass is 10.4. The van der Waals surface area contributed by atoms with Crippen molar-refractivity contribution < 1.29 is 0 Å². The van der Waals surface area contributed by atoms with Crippen LogP contribution in [0.15, 0.2) is 23.4 Å². The van der Waals surface area contributed by atoms with Crippen molar-refractivity contribution in [2.24, 2.45) is 0 Å². The smallest absolute Gasteiger partial charge is 0.209 e. The summed E-state index contributed by atoms with van der Waals surface area (Å²) >= 11 is 0. The van der Waals surface area contributed by atoms with Crippen LogP contribution in [-0.2, 0) is 0 Å². The van der Waals surface area contributed by atoms with Crippen molar-refractivity contribution in [3.63, 3.8) is 0 Å². The lowest BCUT2D eigenvalue weighted by molar-refractivity contribution is 1.07. The van der Waals surface area contributed by atoms with E-state index < -0.39 is 0 Å². The van der Waals surface area contributed by atoms with Crippen LogP contribution in [0.2, 0.25) is 0 Å². The minimum Gasteiger partial charge on any atom is -0.365 e. The summed E-state index contributed by atoms with van der Waals surface area (Å²) in [5.41, 5.74) is 0.683. The molecule has 0 saturated carbocycles. The first-order valence-corrected chi connectivity index (χ1v) is 2.88. The quantitative estimate of drug-likeness (QED) is 0.544. The Kier molecular flexibility index (Phi) is 0.887. The zero-order valence-corrected chi connectivity index (χ0v) is 5.09. The summed E-state index contributed by atoms with van der Waals surface area (Å²) in [6.07, 6.45) is 4.61. The first kappa shape index (κ1) is 5.22. The molecule has 2 aromatic rings. The normalized spacial score (nSPS) is 10.4. The van der Waals surface area contributed by atoms with Gasteiger partial charge in [0.05, 0.1) is 17.1 Å². The highest BCUT2D eigenvalue weighted by Gasteiger charge is 1.95. The highest BCUT2D eigenvalue weighted by molar-refractivity contribution is 5.76. The van der Waals surface area contributed by atoms with E-state index in [-0.39, 0.29) is 5.43 Å². The van der Waals surface area contributed by atoms with Crippen LogP contribution in [0.25, 0.3) is 10.9 Å². The number of hydrogen-bond acceptors (Lipinski definition) is 2. The lowest BCUT2D eigenvalue weighted by Crippen LogP contribution is -1.99. The van der Waals surface area contributed by atoms with E-state index in [0.29, 0.717) is 5.39 Å². The maximum Gasteiger partial charge on any atom is 0.209 e. The van der Waals surface area contributed by atoms with Crippen LogP contribution in [0.4, 0.5) is 0 Å². The summed E-state index contributed by atoms with van der Waals surface area (Å²) in [5.74, 6) is 0. The van der Waals surface area contributed by atoms with Gasteiger partial charge in [0.25, 0.3) is 0 Å². The average molecular weight is 135 g/mol. The molecule has 0 aliphatic heterocycles. The molecule has 2 N–H and O–H groups in total. The standard InChI is InChI=1S/C6H5N3O/c10-6-3-8-9-5-2-7-1-4(5)6/h1-3,7,9H. The number of aromatic amines is 2. The Morgan fingerprint density at radius 2 is 2.30 bits per heavy atom. The lowest BCUT2D eigenvalue weighted by Gasteiger charge is -1.82. The van der Waals surface area contributed by atoms with Crippen molar-refractivity contribution in [3.8, 4) is 0 Å². The molecule has 0 fully saturated rings. The van der Waals surface area contributed by atoms with E-state index in [1.54, 1.807) is 12.4 Å². The second kappa shape index (κ2) is 1.70. The number of rotatable bonds is 0. The Morgan fingerprint density at radius 3 is 3.10 bits per heavy atom. The van der Waals surface area contributed by atoms with E-state index in [9.17, 15) is 4.79 Å². The predicted molar refractivity (Wildman–Crippen MR) is 36.7 cm³/mol. The van der Waals surface area contributed by atoms with Gasteiger partial charge in [-0.2, -0.15) is 5.10 Å². The second-order valence-corrected chi connectivity index (χ2v) is 2.02. The van der Waals surface area contributed by atoms with Gasteiger partial charge < -0.3 is 4.98 Å². The van der Waals surface area contributed by atoms with Crippen molar-refractivity contribution in [1.82, 2.24) is 15.2 Å². The first-order valence-electron chi connectivity index (χ1n) is 2.88. The molecule has 2 aromatic heterocycles. The van der Waals surface area contributed by atoms with Gasteiger partial charge in [0.2, 0.25) is 5.43 Å². The molecule has 0 atom stereocenters. The highest BCUT2D eigenvalue weighted by atomic mass is 16.1. The highest BCUT2D eigenvalue weighted by Crippen LogP contribution is 2.00. The fourth-order valence-corrected chi connectivity index (χ4v) is 0.890. The Hall–Kier alpha value is -1.58. The molecule has 0 bridgehead atoms. The van der Waals surface area contributed by atoms with Crippen LogP contribution in [-0.4, -0.2) is 15.2 Å². The molecule has 0 aliphatic rings. The van der Waals surface area contributed by atoms with Crippen molar-refractivity contribution in [1.29, 1.82) is 0 Å². The van der Waals surface area contributed by atoms with E-state index in [4.69, 9.17) is 0 Å². The molecule has 0 aliphatic carbocycles. The molecule has 10 heavy (non-hydrogen) atoms.